The van der Waals surface area contributed by atoms with Gasteiger partial charge in [-0.15, -0.1) is 5.10 Å². The second kappa shape index (κ2) is 7.46. The highest BCUT2D eigenvalue weighted by molar-refractivity contribution is 8.24. The summed E-state index contributed by atoms with van der Waals surface area (Å²) in [5, 5.41) is 6.58. The van der Waals surface area contributed by atoms with Crippen LogP contribution in [0, 0.1) is 5.82 Å². The number of pyridine rings is 1. The Kier molecular flexibility index (Phi) is 4.98. The van der Waals surface area contributed by atoms with Gasteiger partial charge in [0.25, 0.3) is 5.91 Å². The van der Waals surface area contributed by atoms with Gasteiger partial charge >= 0.3 is 0 Å². The van der Waals surface area contributed by atoms with Gasteiger partial charge < -0.3 is 15.8 Å². The summed E-state index contributed by atoms with van der Waals surface area (Å²) in [5.41, 5.74) is 6.26. The van der Waals surface area contributed by atoms with Crippen LogP contribution >= 0.6 is 10.6 Å². The first-order chi connectivity index (χ1) is 13.8. The predicted octanol–water partition coefficient (Wildman–Crippen LogP) is 2.39. The van der Waals surface area contributed by atoms with E-state index in [1.54, 1.807) is 6.07 Å². The third kappa shape index (κ3) is 4.09. The smallest absolute Gasteiger partial charge is 0.263 e. The molecule has 4 heterocycles. The summed E-state index contributed by atoms with van der Waals surface area (Å²) in [6.45, 7) is 0. The van der Waals surface area contributed by atoms with E-state index < -0.39 is 22.3 Å². The second-order valence-corrected chi connectivity index (χ2v) is 9.08. The zero-order chi connectivity index (χ0) is 20.6. The average Bonchev–Trinajstić information content (AvgIpc) is 2.99. The normalized spacial score (nSPS) is 17.8. The number of halogens is 1. The molecule has 0 unspecified atom stereocenters. The number of nitrogen functional groups attached to an aromatic ring is 1. The molecule has 0 saturated carbocycles. The zero-order valence-electron chi connectivity index (χ0n) is 15.2. The van der Waals surface area contributed by atoms with Crippen LogP contribution in [0.1, 0.15) is 23.2 Å². The topological polar surface area (TPSA) is 148 Å². The van der Waals surface area contributed by atoms with Crippen LogP contribution in [0.2, 0.25) is 0 Å². The van der Waals surface area contributed by atoms with Crippen molar-refractivity contribution in [2.24, 2.45) is 0 Å². The van der Waals surface area contributed by atoms with E-state index in [1.807, 2.05) is 0 Å². The van der Waals surface area contributed by atoms with Crippen molar-refractivity contribution >= 4 is 33.6 Å². The van der Waals surface area contributed by atoms with Crippen LogP contribution in [0.3, 0.4) is 0 Å². The van der Waals surface area contributed by atoms with Crippen LogP contribution in [-0.4, -0.2) is 52.2 Å². The molecule has 1 saturated heterocycles. The van der Waals surface area contributed by atoms with Gasteiger partial charge in [0.15, 0.2) is 17.3 Å². The van der Waals surface area contributed by atoms with Gasteiger partial charge in [0.1, 0.15) is 23.1 Å². The molecule has 12 heteroatoms. The molecular weight excluding hydrogens is 403 g/mol. The van der Waals surface area contributed by atoms with Crippen LogP contribution in [0.4, 0.5) is 15.9 Å². The lowest BCUT2D eigenvalue weighted by Gasteiger charge is -2.39. The molecule has 0 radical (unpaired) electrons. The summed E-state index contributed by atoms with van der Waals surface area (Å²) < 4.78 is 39.8. The summed E-state index contributed by atoms with van der Waals surface area (Å²) >= 11 is 0. The van der Waals surface area contributed by atoms with E-state index in [2.05, 4.69) is 20.4 Å². The third-order valence-corrected chi connectivity index (χ3v) is 6.33. The van der Waals surface area contributed by atoms with Gasteiger partial charge in [-0.2, -0.15) is 10.6 Å². The summed E-state index contributed by atoms with van der Waals surface area (Å²) in [5.74, 6) is -0.335. The first-order valence-electron chi connectivity index (χ1n) is 8.77. The van der Waals surface area contributed by atoms with Crippen LogP contribution in [0.5, 0.6) is 5.75 Å². The van der Waals surface area contributed by atoms with Crippen molar-refractivity contribution in [3.63, 3.8) is 0 Å². The highest BCUT2D eigenvalue weighted by Crippen LogP contribution is 2.44. The number of anilines is 2. The first kappa shape index (κ1) is 19.4. The highest BCUT2D eigenvalue weighted by atomic mass is 32.3. The number of carbonyl (C=O) groups excluding carboxylic acids is 1. The molecule has 0 bridgehead atoms. The van der Waals surface area contributed by atoms with E-state index in [9.17, 15) is 18.3 Å². The quantitative estimate of drug-likeness (QED) is 0.501. The monoisotopic (exact) mass is 422 g/mol. The molecule has 1 amide bonds. The Hall–Kier alpha value is -2.96. The zero-order valence-corrected chi connectivity index (χ0v) is 16.0. The number of ether oxygens (including phenoxy) is 1. The van der Waals surface area contributed by atoms with Crippen LogP contribution in [0.15, 0.2) is 30.9 Å². The fourth-order valence-corrected chi connectivity index (χ4v) is 4.58. The minimum atomic E-state index is -2.51. The molecule has 1 fully saturated rings. The van der Waals surface area contributed by atoms with E-state index in [0.29, 0.717) is 24.3 Å². The van der Waals surface area contributed by atoms with E-state index in [4.69, 9.17) is 10.5 Å². The molecule has 3 aromatic rings. The largest absolute Gasteiger partial charge is 0.488 e. The molecule has 0 aromatic carbocycles. The number of nitrogens with zero attached hydrogens (tertiary/aromatic N) is 4. The summed E-state index contributed by atoms with van der Waals surface area (Å²) in [4.78, 5) is 20.7. The lowest BCUT2D eigenvalue weighted by Crippen LogP contribution is -2.29. The Morgan fingerprint density at radius 3 is 2.86 bits per heavy atom. The molecule has 154 valence electrons. The van der Waals surface area contributed by atoms with E-state index in [-0.39, 0.29) is 34.6 Å². The summed E-state index contributed by atoms with van der Waals surface area (Å²) in [7, 11) is -2.51. The number of rotatable bonds is 4. The predicted molar refractivity (Wildman–Crippen MR) is 106 cm³/mol. The van der Waals surface area contributed by atoms with E-state index in [0.717, 1.165) is 16.9 Å². The fraction of sp³-hybridized carbons (Fsp3) is 0.294. The maximum absolute atomic E-state index is 13.3. The van der Waals surface area contributed by atoms with Crippen LogP contribution in [-0.2, 0) is 0 Å². The Labute approximate surface area is 166 Å². The maximum atomic E-state index is 13.3. The minimum Gasteiger partial charge on any atom is -0.488 e. The van der Waals surface area contributed by atoms with E-state index in [1.165, 1.54) is 12.4 Å². The molecule has 3 aromatic heterocycles. The van der Waals surface area contributed by atoms with Gasteiger partial charge in [0.05, 0.1) is 18.6 Å². The van der Waals surface area contributed by atoms with Gasteiger partial charge in [-0.05, 0) is 0 Å². The second-order valence-electron chi connectivity index (χ2n) is 6.65. The van der Waals surface area contributed by atoms with Crippen molar-refractivity contribution in [3.8, 4) is 5.75 Å². The third-order valence-electron chi connectivity index (χ3n) is 4.55. The molecule has 1 aliphatic heterocycles. The number of carbonyl (C=O) groups is 1. The lowest BCUT2D eigenvalue weighted by molar-refractivity contribution is 0.102. The average molecular weight is 422 g/mol. The molecule has 0 atom stereocenters. The van der Waals surface area contributed by atoms with Gasteiger partial charge in [-0.3, -0.25) is 18.9 Å². The molecule has 5 N–H and O–H groups in total. The van der Waals surface area contributed by atoms with Crippen LogP contribution < -0.4 is 15.8 Å². The SMILES string of the molecule is Nc1nn2cc(F)cnc2c1C(=O)Nc1cnccc1OC1CCS(O)(O)CC1. The number of hydrogen-bond donors (Lipinski definition) is 4. The van der Waals surface area contributed by atoms with Crippen molar-refractivity contribution in [2.75, 3.05) is 22.6 Å². The number of nitrogens with two attached hydrogens (primary N) is 1. The highest BCUT2D eigenvalue weighted by Gasteiger charge is 2.26. The maximum Gasteiger partial charge on any atom is 0.263 e. The molecule has 29 heavy (non-hydrogen) atoms. The Morgan fingerprint density at radius 1 is 1.34 bits per heavy atom. The number of amides is 1. The van der Waals surface area contributed by atoms with Crippen molar-refractivity contribution in [2.45, 2.75) is 18.9 Å². The molecule has 4 rings (SSSR count). The Bertz CT molecular complexity index is 1070. The number of aromatic nitrogens is 4. The van der Waals surface area contributed by atoms with Crippen LogP contribution in [0.25, 0.3) is 5.65 Å². The van der Waals surface area contributed by atoms with Gasteiger partial charge in [0, 0.05) is 36.6 Å². The molecular formula is C17H19FN6O4S. The first-order valence-corrected chi connectivity index (χ1v) is 10.7. The van der Waals surface area contributed by atoms with Crippen molar-refractivity contribution in [1.82, 2.24) is 19.6 Å². The van der Waals surface area contributed by atoms with Gasteiger partial charge in [-0.25, -0.2) is 13.9 Å². The molecule has 0 aliphatic carbocycles. The minimum absolute atomic E-state index is 0.00594. The molecule has 0 spiro atoms. The molecule has 1 aliphatic rings. The number of nitrogens with one attached hydrogen (secondary N) is 1. The van der Waals surface area contributed by atoms with Gasteiger partial charge in [0.2, 0.25) is 0 Å². The van der Waals surface area contributed by atoms with Gasteiger partial charge in [-0.1, -0.05) is 0 Å². The Balaban J connectivity index is 1.55. The summed E-state index contributed by atoms with van der Waals surface area (Å²) in [6.07, 6.45) is 5.78. The van der Waals surface area contributed by atoms with Crippen molar-refractivity contribution in [1.29, 1.82) is 0 Å². The van der Waals surface area contributed by atoms with E-state index >= 15 is 0 Å². The number of fused-ring (bicyclic) bond motifs is 1. The van der Waals surface area contributed by atoms with Crippen molar-refractivity contribution in [3.05, 3.63) is 42.2 Å². The summed E-state index contributed by atoms with van der Waals surface area (Å²) in [6, 6.07) is 1.61. The number of hydrogen-bond acceptors (Lipinski definition) is 8. The fourth-order valence-electron chi connectivity index (χ4n) is 3.09. The Morgan fingerprint density at radius 2 is 2.10 bits per heavy atom. The standard InChI is InChI=1S/C17H19FN6O4S/c18-10-7-21-16-14(15(19)23-24(16)9-10)17(25)22-12-8-20-4-1-13(12)28-11-2-5-29(26,27)6-3-11/h1,4,7-9,11,26-27H,2-3,5-6H2,(H2,19,23)(H,22,25). The van der Waals surface area contributed by atoms with Crippen molar-refractivity contribution < 1.29 is 23.0 Å². The lowest BCUT2D eigenvalue weighted by atomic mass is 10.2. The molecule has 10 nitrogen and oxygen atoms in total.